The molecule has 0 N–H and O–H groups in total. The third-order valence-corrected chi connectivity index (χ3v) is 3.56. The van der Waals surface area contributed by atoms with E-state index in [0.29, 0.717) is 5.75 Å². The first-order valence-corrected chi connectivity index (χ1v) is 6.47. The van der Waals surface area contributed by atoms with E-state index < -0.39 is 0 Å². The summed E-state index contributed by atoms with van der Waals surface area (Å²) in [5.41, 5.74) is 3.82. The highest BCUT2D eigenvalue weighted by atomic mass is 16.7. The SMILES string of the molecule is CC(=O)Oc1c(C)c(C)c2c(c1C)C(C)OC(C)O2. The molecule has 0 radical (unpaired) electrons. The van der Waals surface area contributed by atoms with E-state index in [1.807, 2.05) is 34.6 Å². The summed E-state index contributed by atoms with van der Waals surface area (Å²) in [6.45, 7) is 11.1. The molecule has 2 rings (SSSR count). The smallest absolute Gasteiger partial charge is 0.308 e. The minimum absolute atomic E-state index is 0.0765. The molecule has 1 aliphatic heterocycles. The predicted molar refractivity (Wildman–Crippen MR) is 71.6 cm³/mol. The number of carbonyl (C=O) groups is 1. The normalized spacial score (nSPS) is 21.6. The average Bonchev–Trinajstić information content (AvgIpc) is 2.30. The highest BCUT2D eigenvalue weighted by molar-refractivity contribution is 5.72. The van der Waals surface area contributed by atoms with Crippen molar-refractivity contribution in [3.63, 3.8) is 0 Å². The molecule has 1 aromatic carbocycles. The van der Waals surface area contributed by atoms with E-state index in [2.05, 4.69) is 0 Å². The summed E-state index contributed by atoms with van der Waals surface area (Å²) in [6.07, 6.45) is -0.341. The Morgan fingerprint density at radius 3 is 2.32 bits per heavy atom. The van der Waals surface area contributed by atoms with Crippen LogP contribution in [0.15, 0.2) is 0 Å². The molecular formula is C15H20O4. The number of hydrogen-bond donors (Lipinski definition) is 0. The van der Waals surface area contributed by atoms with Crippen molar-refractivity contribution >= 4 is 5.97 Å². The molecule has 2 atom stereocenters. The Morgan fingerprint density at radius 1 is 1.11 bits per heavy atom. The molecule has 0 saturated carbocycles. The molecule has 4 nitrogen and oxygen atoms in total. The zero-order chi connectivity index (χ0) is 14.3. The Kier molecular flexibility index (Phi) is 3.54. The second-order valence-corrected chi connectivity index (χ2v) is 5.00. The van der Waals surface area contributed by atoms with Gasteiger partial charge in [-0.15, -0.1) is 0 Å². The number of esters is 1. The van der Waals surface area contributed by atoms with Crippen LogP contribution in [0.2, 0.25) is 0 Å². The van der Waals surface area contributed by atoms with Crippen LogP contribution in [-0.2, 0) is 9.53 Å². The van der Waals surface area contributed by atoms with Gasteiger partial charge < -0.3 is 14.2 Å². The summed E-state index contributed by atoms with van der Waals surface area (Å²) in [6, 6.07) is 0. The van der Waals surface area contributed by atoms with Gasteiger partial charge in [-0.3, -0.25) is 4.79 Å². The molecule has 1 heterocycles. The Hall–Kier alpha value is -1.55. The van der Waals surface area contributed by atoms with E-state index in [-0.39, 0.29) is 18.4 Å². The molecule has 0 fully saturated rings. The summed E-state index contributed by atoms with van der Waals surface area (Å²) in [7, 11) is 0. The van der Waals surface area contributed by atoms with Crippen LogP contribution in [0.25, 0.3) is 0 Å². The van der Waals surface area contributed by atoms with E-state index in [0.717, 1.165) is 28.0 Å². The third-order valence-electron chi connectivity index (χ3n) is 3.56. The predicted octanol–water partition coefficient (Wildman–Crippen LogP) is 3.35. The van der Waals surface area contributed by atoms with E-state index in [1.165, 1.54) is 6.92 Å². The minimum Gasteiger partial charge on any atom is -0.465 e. The fourth-order valence-corrected chi connectivity index (χ4v) is 2.60. The zero-order valence-electron chi connectivity index (χ0n) is 12.3. The van der Waals surface area contributed by atoms with Crippen molar-refractivity contribution < 1.29 is 19.0 Å². The van der Waals surface area contributed by atoms with E-state index in [9.17, 15) is 4.79 Å². The first kappa shape index (κ1) is 13.9. The van der Waals surface area contributed by atoms with E-state index in [4.69, 9.17) is 14.2 Å². The standard InChI is InChI=1S/C15H20O4/c1-7-8(2)15-13(10(4)17-12(6)19-15)9(3)14(7)18-11(5)16/h10,12H,1-6H3. The van der Waals surface area contributed by atoms with Crippen LogP contribution >= 0.6 is 0 Å². The van der Waals surface area contributed by atoms with Gasteiger partial charge in [0.2, 0.25) is 0 Å². The molecule has 4 heteroatoms. The lowest BCUT2D eigenvalue weighted by Crippen LogP contribution is -2.26. The average molecular weight is 264 g/mol. The fourth-order valence-electron chi connectivity index (χ4n) is 2.60. The van der Waals surface area contributed by atoms with Crippen LogP contribution in [0, 0.1) is 20.8 Å². The molecule has 0 spiro atoms. The van der Waals surface area contributed by atoms with Gasteiger partial charge in [-0.25, -0.2) is 0 Å². The van der Waals surface area contributed by atoms with Gasteiger partial charge in [0.05, 0.1) is 6.10 Å². The van der Waals surface area contributed by atoms with Crippen molar-refractivity contribution in [3.8, 4) is 11.5 Å². The monoisotopic (exact) mass is 264 g/mol. The lowest BCUT2D eigenvalue weighted by atomic mass is 9.94. The van der Waals surface area contributed by atoms with Gasteiger partial charge in [0.25, 0.3) is 0 Å². The summed E-state index contributed by atoms with van der Waals surface area (Å²) in [4.78, 5) is 11.2. The summed E-state index contributed by atoms with van der Waals surface area (Å²) < 4.78 is 16.8. The molecule has 0 aliphatic carbocycles. The zero-order valence-corrected chi connectivity index (χ0v) is 12.3. The quantitative estimate of drug-likeness (QED) is 0.576. The van der Waals surface area contributed by atoms with Crippen molar-refractivity contribution in [1.29, 1.82) is 0 Å². The van der Waals surface area contributed by atoms with Crippen LogP contribution in [-0.4, -0.2) is 12.3 Å². The maximum Gasteiger partial charge on any atom is 0.308 e. The Balaban J connectivity index is 2.66. The number of ether oxygens (including phenoxy) is 3. The number of hydrogen-bond acceptors (Lipinski definition) is 4. The summed E-state index contributed by atoms with van der Waals surface area (Å²) in [5.74, 6) is 1.17. The molecule has 1 aromatic rings. The van der Waals surface area contributed by atoms with Gasteiger partial charge in [0, 0.05) is 18.1 Å². The van der Waals surface area contributed by atoms with Crippen molar-refractivity contribution in [1.82, 2.24) is 0 Å². The largest absolute Gasteiger partial charge is 0.465 e. The van der Waals surface area contributed by atoms with Crippen LogP contribution in [0.3, 0.4) is 0 Å². The van der Waals surface area contributed by atoms with Gasteiger partial charge in [0.1, 0.15) is 11.5 Å². The Bertz CT molecular complexity index is 534. The van der Waals surface area contributed by atoms with E-state index >= 15 is 0 Å². The Labute approximate surface area is 113 Å². The van der Waals surface area contributed by atoms with Crippen LogP contribution in [0.1, 0.15) is 49.1 Å². The van der Waals surface area contributed by atoms with Gasteiger partial charge in [0.15, 0.2) is 6.29 Å². The molecule has 1 aliphatic rings. The van der Waals surface area contributed by atoms with Crippen LogP contribution in [0.5, 0.6) is 11.5 Å². The second-order valence-electron chi connectivity index (χ2n) is 5.00. The van der Waals surface area contributed by atoms with Gasteiger partial charge in [-0.2, -0.15) is 0 Å². The molecule has 19 heavy (non-hydrogen) atoms. The lowest BCUT2D eigenvalue weighted by Gasteiger charge is -2.32. The molecule has 0 amide bonds. The first-order chi connectivity index (χ1) is 8.82. The van der Waals surface area contributed by atoms with Crippen molar-refractivity contribution in [2.24, 2.45) is 0 Å². The second kappa shape index (κ2) is 4.85. The Morgan fingerprint density at radius 2 is 1.74 bits per heavy atom. The number of carbonyl (C=O) groups excluding carboxylic acids is 1. The van der Waals surface area contributed by atoms with E-state index in [1.54, 1.807) is 0 Å². The van der Waals surface area contributed by atoms with Crippen LogP contribution in [0.4, 0.5) is 0 Å². The van der Waals surface area contributed by atoms with Crippen LogP contribution < -0.4 is 9.47 Å². The van der Waals surface area contributed by atoms with Gasteiger partial charge in [-0.05, 0) is 45.7 Å². The fraction of sp³-hybridized carbons (Fsp3) is 0.533. The molecule has 104 valence electrons. The maximum atomic E-state index is 11.2. The highest BCUT2D eigenvalue weighted by Gasteiger charge is 2.30. The number of benzene rings is 1. The molecule has 0 saturated heterocycles. The number of rotatable bonds is 1. The van der Waals surface area contributed by atoms with Crippen molar-refractivity contribution in [2.45, 2.75) is 53.9 Å². The third kappa shape index (κ3) is 2.32. The minimum atomic E-state index is -0.316. The molecule has 2 unspecified atom stereocenters. The van der Waals surface area contributed by atoms with Gasteiger partial charge >= 0.3 is 5.97 Å². The maximum absolute atomic E-state index is 11.2. The van der Waals surface area contributed by atoms with Crippen molar-refractivity contribution in [2.75, 3.05) is 0 Å². The highest BCUT2D eigenvalue weighted by Crippen LogP contribution is 2.44. The van der Waals surface area contributed by atoms with Gasteiger partial charge in [-0.1, -0.05) is 0 Å². The summed E-state index contributed by atoms with van der Waals surface area (Å²) in [5, 5.41) is 0. The summed E-state index contributed by atoms with van der Waals surface area (Å²) >= 11 is 0. The number of fused-ring (bicyclic) bond motifs is 1. The lowest BCUT2D eigenvalue weighted by molar-refractivity contribution is -0.132. The molecular weight excluding hydrogens is 244 g/mol. The van der Waals surface area contributed by atoms with Crippen molar-refractivity contribution in [3.05, 3.63) is 22.3 Å². The molecule has 0 bridgehead atoms. The first-order valence-electron chi connectivity index (χ1n) is 6.47. The molecule has 0 aromatic heterocycles. The topological polar surface area (TPSA) is 44.8 Å².